The number of amides is 1. The van der Waals surface area contributed by atoms with E-state index in [0.717, 1.165) is 5.69 Å². The lowest BCUT2D eigenvalue weighted by atomic mass is 10.2. The molecule has 0 spiro atoms. The van der Waals surface area contributed by atoms with Gasteiger partial charge in [-0.3, -0.25) is 14.7 Å². The second-order valence-corrected chi connectivity index (χ2v) is 3.78. The van der Waals surface area contributed by atoms with Gasteiger partial charge in [-0.25, -0.2) is 9.50 Å². The lowest BCUT2D eigenvalue weighted by Crippen LogP contribution is -2.26. The molecule has 6 nitrogen and oxygen atoms in total. The highest BCUT2D eigenvalue weighted by molar-refractivity contribution is 5.75. The van der Waals surface area contributed by atoms with Crippen molar-refractivity contribution in [1.29, 1.82) is 0 Å². The number of aromatic amines is 1. The summed E-state index contributed by atoms with van der Waals surface area (Å²) in [4.78, 5) is 27.0. The first-order valence-electron chi connectivity index (χ1n) is 5.44. The van der Waals surface area contributed by atoms with Crippen molar-refractivity contribution in [3.05, 3.63) is 33.9 Å². The molecule has 0 aromatic carbocycles. The summed E-state index contributed by atoms with van der Waals surface area (Å²) in [5.41, 5.74) is 1.82. The van der Waals surface area contributed by atoms with Gasteiger partial charge in [0.2, 0.25) is 5.91 Å². The Morgan fingerprint density at radius 3 is 3.06 bits per heavy atom. The van der Waals surface area contributed by atoms with Crippen LogP contribution in [-0.4, -0.2) is 20.5 Å². The molecule has 0 aliphatic rings. The molecule has 0 saturated carbocycles. The van der Waals surface area contributed by atoms with Crippen molar-refractivity contribution < 1.29 is 4.79 Å². The first kappa shape index (κ1) is 11.4. The fourth-order valence-corrected chi connectivity index (χ4v) is 1.69. The average molecular weight is 234 g/mol. The van der Waals surface area contributed by atoms with Crippen molar-refractivity contribution in [3.8, 4) is 0 Å². The van der Waals surface area contributed by atoms with E-state index < -0.39 is 0 Å². The molecule has 2 rings (SSSR count). The minimum absolute atomic E-state index is 0.0708. The molecular formula is C11H14N4O2. The van der Waals surface area contributed by atoms with Crippen molar-refractivity contribution in [2.24, 2.45) is 0 Å². The van der Waals surface area contributed by atoms with Crippen molar-refractivity contribution in [1.82, 2.24) is 19.9 Å². The predicted molar refractivity (Wildman–Crippen MR) is 62.7 cm³/mol. The van der Waals surface area contributed by atoms with Crippen LogP contribution in [0.4, 0.5) is 0 Å². The normalized spacial score (nSPS) is 10.7. The number of hydrogen-bond acceptors (Lipinski definition) is 3. The number of nitrogens with zero attached hydrogens (tertiary/aromatic N) is 2. The van der Waals surface area contributed by atoms with Crippen LogP contribution in [0.1, 0.15) is 24.6 Å². The smallest absolute Gasteiger partial charge is 0.219 e. The van der Waals surface area contributed by atoms with Crippen LogP contribution in [0, 0.1) is 6.92 Å². The Morgan fingerprint density at radius 2 is 2.35 bits per heavy atom. The molecular weight excluding hydrogens is 220 g/mol. The Kier molecular flexibility index (Phi) is 2.95. The molecule has 1 amide bonds. The second kappa shape index (κ2) is 4.40. The molecule has 0 unspecified atom stereocenters. The maximum Gasteiger partial charge on any atom is 0.219 e. The van der Waals surface area contributed by atoms with E-state index >= 15 is 0 Å². The summed E-state index contributed by atoms with van der Waals surface area (Å²) in [7, 11) is 0. The third-order valence-electron chi connectivity index (χ3n) is 2.73. The zero-order chi connectivity index (χ0) is 12.4. The van der Waals surface area contributed by atoms with Gasteiger partial charge in [0.05, 0.1) is 0 Å². The highest BCUT2D eigenvalue weighted by atomic mass is 16.1. The molecule has 0 aliphatic heterocycles. The molecule has 90 valence electrons. The van der Waals surface area contributed by atoms with E-state index in [9.17, 15) is 9.59 Å². The van der Waals surface area contributed by atoms with Crippen molar-refractivity contribution >= 4 is 11.6 Å². The third-order valence-corrected chi connectivity index (χ3v) is 2.73. The van der Waals surface area contributed by atoms with Gasteiger partial charge in [-0.15, -0.1) is 0 Å². The number of carbonyl (C=O) groups is 1. The Balaban J connectivity index is 2.39. The molecule has 2 N–H and O–H groups in total. The van der Waals surface area contributed by atoms with Gasteiger partial charge in [0.25, 0.3) is 0 Å². The summed E-state index contributed by atoms with van der Waals surface area (Å²) in [5, 5.41) is 5.61. The van der Waals surface area contributed by atoms with Gasteiger partial charge < -0.3 is 5.32 Å². The fraction of sp³-hybridized carbons (Fsp3) is 0.364. The molecule has 0 radical (unpaired) electrons. The van der Waals surface area contributed by atoms with E-state index in [1.807, 2.05) is 6.92 Å². The van der Waals surface area contributed by atoms with Crippen LogP contribution in [0.15, 0.2) is 17.2 Å². The van der Waals surface area contributed by atoms with Crippen molar-refractivity contribution in [3.63, 3.8) is 0 Å². The molecule has 0 fully saturated rings. The molecule has 0 saturated heterocycles. The molecule has 6 heteroatoms. The maximum atomic E-state index is 11.8. The monoisotopic (exact) mass is 234 g/mol. The van der Waals surface area contributed by atoms with Crippen LogP contribution in [0.3, 0.4) is 0 Å². The minimum Gasteiger partial charge on any atom is -0.352 e. The lowest BCUT2D eigenvalue weighted by molar-refractivity contribution is -0.120. The number of H-pyrrole nitrogens is 1. The van der Waals surface area contributed by atoms with Crippen molar-refractivity contribution in [2.75, 3.05) is 0 Å². The van der Waals surface area contributed by atoms with Crippen LogP contribution < -0.4 is 10.7 Å². The molecule has 0 aliphatic carbocycles. The van der Waals surface area contributed by atoms with E-state index in [1.54, 1.807) is 11.4 Å². The zero-order valence-electron chi connectivity index (χ0n) is 9.78. The number of aromatic nitrogens is 3. The summed E-state index contributed by atoms with van der Waals surface area (Å²) in [5.74, 6) is -0.0708. The Morgan fingerprint density at radius 1 is 1.59 bits per heavy atom. The van der Waals surface area contributed by atoms with E-state index in [2.05, 4.69) is 15.4 Å². The number of fused-ring (bicyclic) bond motifs is 1. The molecule has 2 aromatic heterocycles. The van der Waals surface area contributed by atoms with Gasteiger partial charge in [-0.2, -0.15) is 0 Å². The van der Waals surface area contributed by atoms with E-state index in [-0.39, 0.29) is 17.9 Å². The topological polar surface area (TPSA) is 79.3 Å². The largest absolute Gasteiger partial charge is 0.352 e. The number of pyridine rings is 1. The Labute approximate surface area is 97.7 Å². The fourth-order valence-electron chi connectivity index (χ4n) is 1.69. The van der Waals surface area contributed by atoms with E-state index in [4.69, 9.17) is 0 Å². The van der Waals surface area contributed by atoms with Crippen LogP contribution in [-0.2, 0) is 11.3 Å². The van der Waals surface area contributed by atoms with Gasteiger partial charge in [-0.1, -0.05) is 6.92 Å². The molecule has 2 aromatic rings. The predicted octanol–water partition coefficient (Wildman–Crippen LogP) is 0.357. The van der Waals surface area contributed by atoms with Crippen LogP contribution in [0.5, 0.6) is 0 Å². The zero-order valence-corrected chi connectivity index (χ0v) is 9.78. The number of hydrogen-bond donors (Lipinski definition) is 2. The van der Waals surface area contributed by atoms with Crippen molar-refractivity contribution in [2.45, 2.75) is 26.8 Å². The minimum atomic E-state index is -0.106. The molecule has 2 heterocycles. The van der Waals surface area contributed by atoms with Gasteiger partial charge >= 0.3 is 0 Å². The highest BCUT2D eigenvalue weighted by Gasteiger charge is 2.10. The summed E-state index contributed by atoms with van der Waals surface area (Å²) in [6, 6.07) is 1.46. The molecule has 0 bridgehead atoms. The maximum absolute atomic E-state index is 11.8. The van der Waals surface area contributed by atoms with Gasteiger partial charge in [0.15, 0.2) is 11.1 Å². The first-order valence-corrected chi connectivity index (χ1v) is 5.44. The Hall–Kier alpha value is -2.11. The number of nitrogens with one attached hydrogen (secondary N) is 2. The van der Waals surface area contributed by atoms with Gasteiger partial charge in [-0.05, 0) is 6.92 Å². The van der Waals surface area contributed by atoms with E-state index in [0.29, 0.717) is 17.6 Å². The summed E-state index contributed by atoms with van der Waals surface area (Å²) in [6.45, 7) is 3.84. The van der Waals surface area contributed by atoms with Gasteiger partial charge in [0.1, 0.15) is 6.33 Å². The van der Waals surface area contributed by atoms with Crippen LogP contribution >= 0.6 is 0 Å². The van der Waals surface area contributed by atoms with Gasteiger partial charge in [0, 0.05) is 30.3 Å². The second-order valence-electron chi connectivity index (χ2n) is 3.78. The molecule has 17 heavy (non-hydrogen) atoms. The van der Waals surface area contributed by atoms with Crippen LogP contribution in [0.2, 0.25) is 0 Å². The highest BCUT2D eigenvalue weighted by Crippen LogP contribution is 2.04. The quantitative estimate of drug-likeness (QED) is 0.804. The van der Waals surface area contributed by atoms with E-state index in [1.165, 1.54) is 12.4 Å². The first-order chi connectivity index (χ1) is 8.13. The Bertz CT molecular complexity index is 611. The standard InChI is InChI=1S/C11H14N4O2/c1-3-11(17)12-5-8-7(2)15-10(4-9(8)16)13-6-14-15/h4,6H,3,5H2,1-2H3,(H,12,17)(H,13,14). The lowest BCUT2D eigenvalue weighted by Gasteiger charge is -2.07. The number of rotatable bonds is 3. The number of carbonyl (C=O) groups excluding carboxylic acids is 1. The summed E-state index contributed by atoms with van der Waals surface area (Å²) < 4.78 is 1.72. The van der Waals surface area contributed by atoms with Crippen LogP contribution in [0.25, 0.3) is 5.65 Å². The SMILES string of the molecule is CCC(=O)NCc1c(C)n2[nH]cnc2cc1=O. The third kappa shape index (κ3) is 2.06. The average Bonchev–Trinajstić information content (AvgIpc) is 2.76. The summed E-state index contributed by atoms with van der Waals surface area (Å²) in [6.07, 6.45) is 1.93. The summed E-state index contributed by atoms with van der Waals surface area (Å²) >= 11 is 0. The number of aryl methyl sites for hydroxylation is 1. The molecule has 0 atom stereocenters.